The Morgan fingerprint density at radius 2 is 1.75 bits per heavy atom. The number of benzene rings is 1. The standard InChI is InChI=1S/C15H18F6N2O/c1-24-10-2-3-11(12(8-10)15(19,20)21)13(9-14(16,17)18)23-6-4-22-5-7-23/h2-3,8,13,22H,4-7,9H2,1H3/t13-/m1/s1. The monoisotopic (exact) mass is 356 g/mol. The van der Waals surface area contributed by atoms with Gasteiger partial charge >= 0.3 is 12.4 Å². The summed E-state index contributed by atoms with van der Waals surface area (Å²) in [6.45, 7) is 1.38. The predicted octanol–water partition coefficient (Wildman–Crippen LogP) is 3.61. The van der Waals surface area contributed by atoms with E-state index in [0.29, 0.717) is 13.1 Å². The molecule has 1 heterocycles. The lowest BCUT2D eigenvalue weighted by molar-refractivity contribution is -0.153. The summed E-state index contributed by atoms with van der Waals surface area (Å²) in [5, 5.41) is 2.98. The maximum atomic E-state index is 13.4. The zero-order valence-corrected chi connectivity index (χ0v) is 13.0. The van der Waals surface area contributed by atoms with E-state index < -0.39 is 30.4 Å². The summed E-state index contributed by atoms with van der Waals surface area (Å²) in [5.74, 6) is -0.0443. The summed E-state index contributed by atoms with van der Waals surface area (Å²) in [4.78, 5) is 1.45. The Morgan fingerprint density at radius 3 is 2.25 bits per heavy atom. The highest BCUT2D eigenvalue weighted by molar-refractivity contribution is 5.39. The van der Waals surface area contributed by atoms with Gasteiger partial charge in [0.2, 0.25) is 0 Å². The van der Waals surface area contributed by atoms with E-state index in [1.165, 1.54) is 18.1 Å². The number of alkyl halides is 6. The smallest absolute Gasteiger partial charge is 0.416 e. The number of ether oxygens (including phenoxy) is 1. The molecule has 2 rings (SSSR count). The van der Waals surface area contributed by atoms with Crippen LogP contribution in [0.3, 0.4) is 0 Å². The van der Waals surface area contributed by atoms with Gasteiger partial charge in [-0.1, -0.05) is 6.07 Å². The van der Waals surface area contributed by atoms with Crippen LogP contribution < -0.4 is 10.1 Å². The van der Waals surface area contributed by atoms with Crippen molar-refractivity contribution in [1.29, 1.82) is 0 Å². The molecule has 1 aromatic rings. The quantitative estimate of drug-likeness (QED) is 0.834. The molecule has 1 aliphatic heterocycles. The molecular weight excluding hydrogens is 338 g/mol. The first-order valence-electron chi connectivity index (χ1n) is 7.38. The number of hydrogen-bond donors (Lipinski definition) is 1. The highest BCUT2D eigenvalue weighted by Gasteiger charge is 2.41. The number of methoxy groups -OCH3 is 1. The van der Waals surface area contributed by atoms with Crippen molar-refractivity contribution in [3.63, 3.8) is 0 Å². The molecule has 9 heteroatoms. The molecule has 1 atom stereocenters. The Kier molecular flexibility index (Phi) is 5.64. The molecule has 136 valence electrons. The number of nitrogens with one attached hydrogen (secondary N) is 1. The fraction of sp³-hybridized carbons (Fsp3) is 0.600. The van der Waals surface area contributed by atoms with Crippen molar-refractivity contribution < 1.29 is 31.1 Å². The van der Waals surface area contributed by atoms with Crippen molar-refractivity contribution in [2.24, 2.45) is 0 Å². The molecule has 1 aromatic carbocycles. The summed E-state index contributed by atoms with van der Waals surface area (Å²) in [5.41, 5.74) is -1.46. The molecule has 0 aromatic heterocycles. The molecule has 1 aliphatic rings. The fourth-order valence-electron chi connectivity index (χ4n) is 2.85. The van der Waals surface area contributed by atoms with E-state index in [2.05, 4.69) is 5.32 Å². The maximum Gasteiger partial charge on any atom is 0.416 e. The molecule has 0 radical (unpaired) electrons. The van der Waals surface area contributed by atoms with Gasteiger partial charge in [0.05, 0.1) is 19.1 Å². The minimum Gasteiger partial charge on any atom is -0.497 e. The van der Waals surface area contributed by atoms with Crippen LogP contribution in [0.1, 0.15) is 23.6 Å². The molecule has 0 aliphatic carbocycles. The van der Waals surface area contributed by atoms with Crippen LogP contribution in [0.4, 0.5) is 26.3 Å². The van der Waals surface area contributed by atoms with Gasteiger partial charge < -0.3 is 10.1 Å². The maximum absolute atomic E-state index is 13.4. The Labute approximate surface area is 135 Å². The van der Waals surface area contributed by atoms with Crippen molar-refractivity contribution in [2.75, 3.05) is 33.3 Å². The molecule has 0 spiro atoms. The lowest BCUT2D eigenvalue weighted by atomic mass is 9.95. The average Bonchev–Trinajstić information content (AvgIpc) is 2.51. The van der Waals surface area contributed by atoms with Gasteiger partial charge in [-0.05, 0) is 17.7 Å². The second kappa shape index (κ2) is 7.18. The van der Waals surface area contributed by atoms with E-state index in [9.17, 15) is 26.3 Å². The van der Waals surface area contributed by atoms with Gasteiger partial charge in [0.15, 0.2) is 0 Å². The van der Waals surface area contributed by atoms with Gasteiger partial charge in [-0.25, -0.2) is 0 Å². The highest BCUT2D eigenvalue weighted by atomic mass is 19.4. The van der Waals surface area contributed by atoms with Crippen molar-refractivity contribution in [3.05, 3.63) is 29.3 Å². The molecular formula is C15H18F6N2O. The van der Waals surface area contributed by atoms with Crippen LogP contribution in [-0.4, -0.2) is 44.4 Å². The lowest BCUT2D eigenvalue weighted by Crippen LogP contribution is -2.46. The van der Waals surface area contributed by atoms with Crippen LogP contribution >= 0.6 is 0 Å². The first-order chi connectivity index (χ1) is 11.1. The largest absolute Gasteiger partial charge is 0.497 e. The van der Waals surface area contributed by atoms with E-state index in [0.717, 1.165) is 12.1 Å². The third-order valence-electron chi connectivity index (χ3n) is 3.94. The molecule has 1 N–H and O–H groups in total. The van der Waals surface area contributed by atoms with E-state index in [1.54, 1.807) is 0 Å². The van der Waals surface area contributed by atoms with E-state index in [4.69, 9.17) is 4.74 Å². The molecule has 0 unspecified atom stereocenters. The Hall–Kier alpha value is -1.48. The average molecular weight is 356 g/mol. The van der Waals surface area contributed by atoms with Gasteiger partial charge in [0, 0.05) is 32.2 Å². The van der Waals surface area contributed by atoms with Crippen LogP contribution in [0.5, 0.6) is 5.75 Å². The molecule has 0 saturated carbocycles. The van der Waals surface area contributed by atoms with Gasteiger partial charge in [-0.15, -0.1) is 0 Å². The van der Waals surface area contributed by atoms with Crippen LogP contribution in [0.25, 0.3) is 0 Å². The van der Waals surface area contributed by atoms with Crippen LogP contribution in [0, 0.1) is 0 Å². The fourth-order valence-corrected chi connectivity index (χ4v) is 2.85. The molecule has 24 heavy (non-hydrogen) atoms. The van der Waals surface area contributed by atoms with Crippen LogP contribution in [0.15, 0.2) is 18.2 Å². The summed E-state index contributed by atoms with van der Waals surface area (Å²) in [6, 6.07) is 1.71. The van der Waals surface area contributed by atoms with Crippen molar-refractivity contribution in [2.45, 2.75) is 24.8 Å². The summed E-state index contributed by atoms with van der Waals surface area (Å²) < 4.78 is 83.8. The molecule has 0 amide bonds. The Balaban J connectivity index is 2.47. The normalized spacial score (nSPS) is 18.5. The van der Waals surface area contributed by atoms with Crippen molar-refractivity contribution in [3.8, 4) is 5.75 Å². The third kappa shape index (κ3) is 4.76. The van der Waals surface area contributed by atoms with Crippen molar-refractivity contribution in [1.82, 2.24) is 10.2 Å². The molecule has 1 fully saturated rings. The molecule has 1 saturated heterocycles. The first kappa shape index (κ1) is 18.9. The van der Waals surface area contributed by atoms with Crippen LogP contribution in [0.2, 0.25) is 0 Å². The summed E-state index contributed by atoms with van der Waals surface area (Å²) >= 11 is 0. The number of nitrogens with zero attached hydrogens (tertiary/aromatic N) is 1. The number of halogens is 6. The number of piperazine rings is 1. The second-order valence-corrected chi connectivity index (χ2v) is 5.57. The van der Waals surface area contributed by atoms with Gasteiger partial charge in [-0.3, -0.25) is 4.90 Å². The first-order valence-corrected chi connectivity index (χ1v) is 7.38. The van der Waals surface area contributed by atoms with Crippen LogP contribution in [-0.2, 0) is 6.18 Å². The molecule has 0 bridgehead atoms. The lowest BCUT2D eigenvalue weighted by Gasteiger charge is -2.36. The van der Waals surface area contributed by atoms with Gasteiger partial charge in [0.1, 0.15) is 5.75 Å². The Bertz CT molecular complexity index is 552. The van der Waals surface area contributed by atoms with E-state index in [-0.39, 0.29) is 24.4 Å². The minimum atomic E-state index is -4.76. The zero-order valence-electron chi connectivity index (χ0n) is 13.0. The minimum absolute atomic E-state index is 0.0443. The van der Waals surface area contributed by atoms with Gasteiger partial charge in [0.25, 0.3) is 0 Å². The Morgan fingerprint density at radius 1 is 1.12 bits per heavy atom. The van der Waals surface area contributed by atoms with E-state index in [1.807, 2.05) is 0 Å². The van der Waals surface area contributed by atoms with E-state index >= 15 is 0 Å². The topological polar surface area (TPSA) is 24.5 Å². The molecule has 3 nitrogen and oxygen atoms in total. The third-order valence-corrected chi connectivity index (χ3v) is 3.94. The second-order valence-electron chi connectivity index (χ2n) is 5.57. The summed E-state index contributed by atoms with van der Waals surface area (Å²) in [6.07, 6.45) is -10.7. The van der Waals surface area contributed by atoms with Crippen molar-refractivity contribution >= 4 is 0 Å². The highest BCUT2D eigenvalue weighted by Crippen LogP contribution is 2.42. The van der Waals surface area contributed by atoms with Gasteiger partial charge in [-0.2, -0.15) is 26.3 Å². The zero-order chi connectivity index (χ0) is 18.0. The number of rotatable bonds is 4. The SMILES string of the molecule is COc1ccc([C@@H](CC(F)(F)F)N2CCNCC2)c(C(F)(F)F)c1. The summed E-state index contributed by atoms with van der Waals surface area (Å²) in [7, 11) is 1.21. The predicted molar refractivity (Wildman–Crippen MR) is 75.9 cm³/mol. The number of hydrogen-bond acceptors (Lipinski definition) is 3.